The average Bonchev–Trinajstić information content (AvgIpc) is 3.09. The average molecular weight is 457 g/mol. The van der Waals surface area contributed by atoms with Gasteiger partial charge in [0, 0.05) is 6.07 Å². The molecule has 1 heterocycles. The van der Waals surface area contributed by atoms with Crippen LogP contribution in [0.25, 0.3) is 6.08 Å². The maximum absolute atomic E-state index is 12.7. The number of aliphatic hydroxyl groups is 1. The summed E-state index contributed by atoms with van der Waals surface area (Å²) in [6.45, 7) is 0.763. The molecular formula is C23H23NO9. The summed E-state index contributed by atoms with van der Waals surface area (Å²) < 4.78 is 21.5. The number of hydrogen-bond donors (Lipinski definition) is 3. The molecule has 2 atom stereocenters. The van der Waals surface area contributed by atoms with Gasteiger partial charge >= 0.3 is 5.97 Å². The van der Waals surface area contributed by atoms with Gasteiger partial charge in [-0.3, -0.25) is 9.59 Å². The fraction of sp³-hybridized carbons (Fsp3) is 0.261. The number of ketones is 1. The molecule has 0 unspecified atom stereocenters. The molecular weight excluding hydrogens is 434 g/mol. The molecule has 0 saturated heterocycles. The topological polar surface area (TPSA) is 141 Å². The van der Waals surface area contributed by atoms with E-state index in [4.69, 9.17) is 24.1 Å². The number of Topliss-reactive ketones (excluding diaryl/α,β-unsaturated/α-hetero) is 1. The number of aliphatic hydroxyl groups excluding tert-OH is 1. The predicted molar refractivity (Wildman–Crippen MR) is 116 cm³/mol. The number of carboxylic acids is 1. The van der Waals surface area contributed by atoms with Gasteiger partial charge in [0.25, 0.3) is 5.91 Å². The Morgan fingerprint density at radius 1 is 1.12 bits per heavy atom. The number of benzene rings is 2. The van der Waals surface area contributed by atoms with Gasteiger partial charge in [0.15, 0.2) is 29.9 Å². The Morgan fingerprint density at radius 2 is 1.85 bits per heavy atom. The molecule has 2 aromatic rings. The summed E-state index contributed by atoms with van der Waals surface area (Å²) in [5.74, 6) is -0.741. The molecule has 1 amide bonds. The Labute approximate surface area is 189 Å². The van der Waals surface area contributed by atoms with Gasteiger partial charge in [-0.15, -0.1) is 0 Å². The highest BCUT2D eigenvalue weighted by Gasteiger charge is 2.28. The number of carbonyl (C=O) groups excluding carboxylic acids is 2. The quantitative estimate of drug-likeness (QED) is 0.479. The van der Waals surface area contributed by atoms with Gasteiger partial charge in [0.05, 0.1) is 25.9 Å². The molecule has 0 bridgehead atoms. The zero-order valence-corrected chi connectivity index (χ0v) is 18.2. The lowest BCUT2D eigenvalue weighted by molar-refractivity contribution is -0.145. The monoisotopic (exact) mass is 457 g/mol. The number of methoxy groups -OCH3 is 2. The maximum Gasteiger partial charge on any atom is 0.328 e. The lowest BCUT2D eigenvalue weighted by atomic mass is 10.1. The van der Waals surface area contributed by atoms with Crippen molar-refractivity contribution in [2.45, 2.75) is 19.1 Å². The van der Waals surface area contributed by atoms with E-state index in [2.05, 4.69) is 5.32 Å². The number of amides is 1. The molecule has 0 aromatic heterocycles. The number of nitrogens with one attached hydrogen (secondary N) is 1. The summed E-state index contributed by atoms with van der Waals surface area (Å²) in [4.78, 5) is 35.7. The molecule has 0 radical (unpaired) electrons. The van der Waals surface area contributed by atoms with Gasteiger partial charge in [-0.05, 0) is 42.8 Å². The third-order valence-electron chi connectivity index (χ3n) is 4.78. The Kier molecular flexibility index (Phi) is 7.19. The second-order valence-electron chi connectivity index (χ2n) is 7.12. The molecule has 174 valence electrons. The zero-order chi connectivity index (χ0) is 24.1. The fourth-order valence-electron chi connectivity index (χ4n) is 3.10. The predicted octanol–water partition coefficient (Wildman–Crippen LogP) is 1.65. The second-order valence-corrected chi connectivity index (χ2v) is 7.12. The summed E-state index contributed by atoms with van der Waals surface area (Å²) in [7, 11) is 3.03. The van der Waals surface area contributed by atoms with E-state index in [1.54, 1.807) is 24.3 Å². The SMILES string of the molecule is COc1ccc(/C=C2\Oc3cc(OCC(=O)N[C@H](C(=O)O)[C@H](C)O)ccc3C2=O)cc1OC. The van der Waals surface area contributed by atoms with Gasteiger partial charge in [-0.2, -0.15) is 0 Å². The van der Waals surface area contributed by atoms with Crippen LogP contribution in [0.15, 0.2) is 42.2 Å². The number of ether oxygens (including phenoxy) is 4. The summed E-state index contributed by atoms with van der Waals surface area (Å²) in [5.41, 5.74) is 1.00. The molecule has 3 rings (SSSR count). The second kappa shape index (κ2) is 10.0. The van der Waals surface area contributed by atoms with Crippen LogP contribution >= 0.6 is 0 Å². The summed E-state index contributed by atoms with van der Waals surface area (Å²) >= 11 is 0. The molecule has 2 aromatic carbocycles. The van der Waals surface area contributed by atoms with Gasteiger partial charge in [0.1, 0.15) is 11.5 Å². The van der Waals surface area contributed by atoms with Crippen molar-refractivity contribution in [1.82, 2.24) is 5.32 Å². The van der Waals surface area contributed by atoms with Crippen LogP contribution in [0.5, 0.6) is 23.0 Å². The highest BCUT2D eigenvalue weighted by Crippen LogP contribution is 2.36. The highest BCUT2D eigenvalue weighted by atomic mass is 16.5. The standard InChI is InChI=1S/C23H23NO9/c1-12(25)21(23(28)29)24-20(26)11-32-14-5-6-15-17(10-14)33-19(22(15)27)9-13-4-7-16(30-2)18(8-13)31-3/h4-10,12,21,25H,11H2,1-3H3,(H,24,26)(H,28,29)/b19-9-/t12-,21-/m0/s1. The van der Waals surface area contributed by atoms with Crippen LogP contribution in [-0.4, -0.2) is 60.8 Å². The number of fused-ring (bicyclic) bond motifs is 1. The summed E-state index contributed by atoms with van der Waals surface area (Å²) in [5, 5.41) is 20.6. The zero-order valence-electron chi connectivity index (χ0n) is 18.2. The van der Waals surface area contributed by atoms with Gasteiger partial charge in [0.2, 0.25) is 5.78 Å². The Bertz CT molecular complexity index is 1110. The fourth-order valence-corrected chi connectivity index (χ4v) is 3.10. The summed E-state index contributed by atoms with van der Waals surface area (Å²) in [6, 6.07) is 8.17. The third-order valence-corrected chi connectivity index (χ3v) is 4.78. The van der Waals surface area contributed by atoms with Gasteiger partial charge in [-0.25, -0.2) is 4.79 Å². The van der Waals surface area contributed by atoms with Crippen molar-refractivity contribution < 1.29 is 43.5 Å². The molecule has 10 nitrogen and oxygen atoms in total. The molecule has 0 fully saturated rings. The number of allylic oxidation sites excluding steroid dienone is 1. The number of carboxylic acid groups (broad SMARTS) is 1. The van der Waals surface area contributed by atoms with E-state index >= 15 is 0 Å². The Morgan fingerprint density at radius 3 is 2.48 bits per heavy atom. The number of hydrogen-bond acceptors (Lipinski definition) is 8. The molecule has 1 aliphatic rings. The molecule has 33 heavy (non-hydrogen) atoms. The minimum Gasteiger partial charge on any atom is -0.493 e. The Hall–Kier alpha value is -4.05. The van der Waals surface area contributed by atoms with Crippen LogP contribution in [0.1, 0.15) is 22.8 Å². The number of carbonyl (C=O) groups is 3. The highest BCUT2D eigenvalue weighted by molar-refractivity contribution is 6.14. The molecule has 0 aliphatic carbocycles. The van der Waals surface area contributed by atoms with Crippen LogP contribution in [-0.2, 0) is 9.59 Å². The van der Waals surface area contributed by atoms with E-state index < -0.39 is 30.6 Å². The minimum atomic E-state index is -1.45. The number of rotatable bonds is 9. The van der Waals surface area contributed by atoms with Gasteiger partial charge < -0.3 is 34.5 Å². The largest absolute Gasteiger partial charge is 0.493 e. The molecule has 0 spiro atoms. The van der Waals surface area contributed by atoms with Crippen molar-refractivity contribution in [2.24, 2.45) is 0 Å². The van der Waals surface area contributed by atoms with E-state index in [0.717, 1.165) is 0 Å². The first-order valence-electron chi connectivity index (χ1n) is 9.86. The van der Waals surface area contributed by atoms with Crippen LogP contribution in [0, 0.1) is 0 Å². The van der Waals surface area contributed by atoms with Crippen molar-refractivity contribution in [3.05, 3.63) is 53.3 Å². The molecule has 3 N–H and O–H groups in total. The van der Waals surface area contributed by atoms with Crippen molar-refractivity contribution in [3.63, 3.8) is 0 Å². The van der Waals surface area contributed by atoms with Crippen LogP contribution < -0.4 is 24.3 Å². The van der Waals surface area contributed by atoms with E-state index in [1.165, 1.54) is 39.3 Å². The lowest BCUT2D eigenvalue weighted by Crippen LogP contribution is -2.49. The first-order valence-corrected chi connectivity index (χ1v) is 9.86. The van der Waals surface area contributed by atoms with Gasteiger partial charge in [-0.1, -0.05) is 6.07 Å². The lowest BCUT2D eigenvalue weighted by Gasteiger charge is -2.17. The number of aliphatic carboxylic acids is 1. The van der Waals surface area contributed by atoms with E-state index in [1.807, 2.05) is 0 Å². The molecule has 10 heteroatoms. The van der Waals surface area contributed by atoms with Crippen molar-refractivity contribution in [3.8, 4) is 23.0 Å². The Balaban J connectivity index is 1.69. The van der Waals surface area contributed by atoms with Crippen LogP contribution in [0.2, 0.25) is 0 Å². The maximum atomic E-state index is 12.7. The van der Waals surface area contributed by atoms with Crippen molar-refractivity contribution in [1.29, 1.82) is 0 Å². The normalized spacial score (nSPS) is 15.3. The van der Waals surface area contributed by atoms with Crippen LogP contribution in [0.4, 0.5) is 0 Å². The molecule has 0 saturated carbocycles. The first-order chi connectivity index (χ1) is 15.7. The third kappa shape index (κ3) is 5.42. The minimum absolute atomic E-state index is 0.105. The van der Waals surface area contributed by atoms with Crippen molar-refractivity contribution >= 4 is 23.7 Å². The van der Waals surface area contributed by atoms with E-state index in [0.29, 0.717) is 22.6 Å². The molecule has 1 aliphatic heterocycles. The first kappa shape index (κ1) is 23.6. The summed E-state index contributed by atoms with van der Waals surface area (Å²) in [6.07, 6.45) is 0.294. The smallest absolute Gasteiger partial charge is 0.328 e. The van der Waals surface area contributed by atoms with E-state index in [9.17, 15) is 19.5 Å². The van der Waals surface area contributed by atoms with Crippen molar-refractivity contribution in [2.75, 3.05) is 20.8 Å². The van der Waals surface area contributed by atoms with Crippen LogP contribution in [0.3, 0.4) is 0 Å². The van der Waals surface area contributed by atoms with E-state index in [-0.39, 0.29) is 23.0 Å².